The Balaban J connectivity index is 1.30. The summed E-state index contributed by atoms with van der Waals surface area (Å²) in [6.07, 6.45) is 4.25. The molecule has 1 aromatic carbocycles. The van der Waals surface area contributed by atoms with Crippen molar-refractivity contribution in [1.29, 1.82) is 0 Å². The first kappa shape index (κ1) is 18.5. The van der Waals surface area contributed by atoms with Crippen molar-refractivity contribution in [3.63, 3.8) is 0 Å². The van der Waals surface area contributed by atoms with Crippen molar-refractivity contribution in [2.45, 2.75) is 13.0 Å². The molecule has 2 aromatic heterocycles. The van der Waals surface area contributed by atoms with Crippen LogP contribution < -0.4 is 21.7 Å². The summed E-state index contributed by atoms with van der Waals surface area (Å²) in [5.74, 6) is 2.54. The first-order valence-electron chi connectivity index (χ1n) is 9.43. The molecule has 0 aliphatic carbocycles. The van der Waals surface area contributed by atoms with Gasteiger partial charge in [0.25, 0.3) is 0 Å². The van der Waals surface area contributed by atoms with E-state index in [1.54, 1.807) is 6.26 Å². The van der Waals surface area contributed by atoms with Gasteiger partial charge in [0.15, 0.2) is 11.9 Å². The number of hydrogen-bond acceptors (Lipinski definition) is 6. The number of nitrogens with two attached hydrogens (primary N) is 1. The van der Waals surface area contributed by atoms with Crippen molar-refractivity contribution >= 4 is 23.4 Å². The van der Waals surface area contributed by atoms with Crippen LogP contribution >= 0.6 is 0 Å². The molecule has 1 aliphatic rings. The average molecular weight is 389 g/mol. The van der Waals surface area contributed by atoms with E-state index in [-0.39, 0.29) is 0 Å². The Bertz CT molecular complexity index is 977. The van der Waals surface area contributed by atoms with E-state index in [0.717, 1.165) is 42.5 Å². The number of pyridine rings is 1. The van der Waals surface area contributed by atoms with Gasteiger partial charge in [-0.1, -0.05) is 18.2 Å². The first-order valence-corrected chi connectivity index (χ1v) is 9.43. The zero-order valence-electron chi connectivity index (χ0n) is 15.9. The molecule has 0 amide bonds. The molecule has 8 nitrogen and oxygen atoms in total. The molecule has 0 fully saturated rings. The van der Waals surface area contributed by atoms with Gasteiger partial charge in [0.1, 0.15) is 18.1 Å². The Labute approximate surface area is 169 Å². The fraction of sp³-hybridized carbons (Fsp3) is 0.190. The summed E-state index contributed by atoms with van der Waals surface area (Å²) in [6, 6.07) is 15.9. The smallest absolute Gasteiger partial charge is 0.195 e. The van der Waals surface area contributed by atoms with Crippen molar-refractivity contribution < 1.29 is 4.42 Å². The van der Waals surface area contributed by atoms with Gasteiger partial charge in [-0.15, -0.1) is 0 Å². The number of rotatable bonds is 6. The monoisotopic (exact) mass is 389 g/mol. The molecule has 1 aliphatic heterocycles. The van der Waals surface area contributed by atoms with Gasteiger partial charge in [-0.25, -0.2) is 9.98 Å². The van der Waals surface area contributed by atoms with Gasteiger partial charge in [-0.3, -0.25) is 4.99 Å². The van der Waals surface area contributed by atoms with Crippen molar-refractivity contribution in [3.8, 4) is 0 Å². The van der Waals surface area contributed by atoms with Crippen LogP contribution in [0.25, 0.3) is 0 Å². The topological polar surface area (TPSA) is 113 Å². The number of aromatic nitrogens is 1. The van der Waals surface area contributed by atoms with Crippen molar-refractivity contribution in [2.75, 3.05) is 23.7 Å². The lowest BCUT2D eigenvalue weighted by atomic mass is 10.1. The maximum Gasteiger partial charge on any atom is 0.195 e. The highest BCUT2D eigenvalue weighted by Crippen LogP contribution is 2.15. The molecule has 8 heteroatoms. The molecule has 0 saturated heterocycles. The predicted octanol–water partition coefficient (Wildman–Crippen LogP) is 2.56. The molecule has 0 spiro atoms. The summed E-state index contributed by atoms with van der Waals surface area (Å²) in [6.45, 7) is 2.09. The van der Waals surface area contributed by atoms with Crippen LogP contribution in [0.4, 0.5) is 11.5 Å². The van der Waals surface area contributed by atoms with Crippen LogP contribution in [-0.4, -0.2) is 30.0 Å². The second-order valence-electron chi connectivity index (χ2n) is 6.61. The summed E-state index contributed by atoms with van der Waals surface area (Å²) in [5.41, 5.74) is 9.23. The van der Waals surface area contributed by atoms with Crippen LogP contribution in [0.2, 0.25) is 0 Å². The van der Waals surface area contributed by atoms with E-state index >= 15 is 0 Å². The number of nitrogens with zero attached hydrogens (tertiary/aromatic N) is 3. The molecule has 4 rings (SSSR count). The van der Waals surface area contributed by atoms with Crippen LogP contribution in [0, 0.1) is 0 Å². The number of benzene rings is 1. The third-order valence-corrected chi connectivity index (χ3v) is 4.37. The Morgan fingerprint density at radius 1 is 1.14 bits per heavy atom. The quantitative estimate of drug-likeness (QED) is 0.381. The lowest BCUT2D eigenvalue weighted by molar-refractivity contribution is 0.513. The standard InChI is InChI=1S/C21H23N7O/c22-20(26-14-18-2-1-11-29-18)28-19-8-5-16(13-25-19)12-15-3-6-17(7-4-15)27-21-23-9-10-24-21/h1-8,11,13H,9-10,12,14H2,(H2,23,24,27)(H3,22,25,26,28). The third-order valence-electron chi connectivity index (χ3n) is 4.37. The average Bonchev–Trinajstić information content (AvgIpc) is 3.44. The molecule has 0 radical (unpaired) electrons. The minimum Gasteiger partial charge on any atom is -0.467 e. The third kappa shape index (κ3) is 5.35. The largest absolute Gasteiger partial charge is 0.467 e. The fourth-order valence-corrected chi connectivity index (χ4v) is 2.90. The molecule has 0 atom stereocenters. The van der Waals surface area contributed by atoms with Crippen molar-refractivity contribution in [3.05, 3.63) is 77.9 Å². The van der Waals surface area contributed by atoms with E-state index in [9.17, 15) is 0 Å². The molecule has 5 N–H and O–H groups in total. The number of furan rings is 1. The lowest BCUT2D eigenvalue weighted by Crippen LogP contribution is -2.26. The number of anilines is 2. The van der Waals surface area contributed by atoms with E-state index in [4.69, 9.17) is 10.2 Å². The highest BCUT2D eigenvalue weighted by Gasteiger charge is 2.05. The lowest BCUT2D eigenvalue weighted by Gasteiger charge is -2.08. The van der Waals surface area contributed by atoms with Crippen LogP contribution in [0.1, 0.15) is 16.9 Å². The van der Waals surface area contributed by atoms with E-state index in [2.05, 4.69) is 55.2 Å². The van der Waals surface area contributed by atoms with Crippen molar-refractivity contribution in [2.24, 2.45) is 15.7 Å². The van der Waals surface area contributed by atoms with Crippen LogP contribution in [-0.2, 0) is 13.0 Å². The summed E-state index contributed by atoms with van der Waals surface area (Å²) >= 11 is 0. The molecule has 0 unspecified atom stereocenters. The van der Waals surface area contributed by atoms with E-state index in [0.29, 0.717) is 18.3 Å². The Morgan fingerprint density at radius 3 is 2.69 bits per heavy atom. The van der Waals surface area contributed by atoms with Gasteiger partial charge in [0.05, 0.1) is 12.8 Å². The highest BCUT2D eigenvalue weighted by molar-refractivity contribution is 5.94. The molecule has 3 heterocycles. The fourth-order valence-electron chi connectivity index (χ4n) is 2.90. The normalized spacial score (nSPS) is 13.7. The minimum atomic E-state index is 0.297. The van der Waals surface area contributed by atoms with Gasteiger partial charge in [-0.2, -0.15) is 0 Å². The van der Waals surface area contributed by atoms with Crippen LogP contribution in [0.15, 0.2) is 75.4 Å². The number of nitrogens with one attached hydrogen (secondary N) is 3. The molecule has 0 saturated carbocycles. The first-order chi connectivity index (χ1) is 14.2. The van der Waals surface area contributed by atoms with Gasteiger partial charge in [-0.05, 0) is 47.9 Å². The maximum atomic E-state index is 5.89. The molecular weight excluding hydrogens is 366 g/mol. The van der Waals surface area contributed by atoms with E-state index in [1.165, 1.54) is 5.56 Å². The van der Waals surface area contributed by atoms with Gasteiger partial charge >= 0.3 is 0 Å². The molecule has 0 bridgehead atoms. The number of guanidine groups is 2. The Morgan fingerprint density at radius 2 is 2.00 bits per heavy atom. The summed E-state index contributed by atoms with van der Waals surface area (Å²) in [4.78, 5) is 13.0. The van der Waals surface area contributed by atoms with Gasteiger partial charge in [0, 0.05) is 18.4 Å². The van der Waals surface area contributed by atoms with Crippen molar-refractivity contribution in [1.82, 2.24) is 10.3 Å². The number of aliphatic imine (C=N–C) groups is 2. The van der Waals surface area contributed by atoms with Crippen LogP contribution in [0.5, 0.6) is 0 Å². The minimum absolute atomic E-state index is 0.297. The summed E-state index contributed by atoms with van der Waals surface area (Å²) < 4.78 is 5.23. The molecule has 148 valence electrons. The maximum absolute atomic E-state index is 5.89. The SMILES string of the molecule is NC(=NCc1ccco1)Nc1ccc(Cc2ccc(NC3=NCCN3)cc2)cn1. The highest BCUT2D eigenvalue weighted by atomic mass is 16.3. The Hall–Kier alpha value is -3.81. The summed E-state index contributed by atoms with van der Waals surface area (Å²) in [7, 11) is 0. The van der Waals surface area contributed by atoms with Gasteiger partial charge < -0.3 is 26.1 Å². The van der Waals surface area contributed by atoms with Gasteiger partial charge in [0.2, 0.25) is 0 Å². The molecular formula is C21H23N7O. The second-order valence-corrected chi connectivity index (χ2v) is 6.61. The van der Waals surface area contributed by atoms with E-state index in [1.807, 2.05) is 30.5 Å². The van der Waals surface area contributed by atoms with Crippen LogP contribution in [0.3, 0.4) is 0 Å². The zero-order valence-corrected chi connectivity index (χ0v) is 15.9. The summed E-state index contributed by atoms with van der Waals surface area (Å²) in [5, 5.41) is 9.45. The molecule has 3 aromatic rings. The predicted molar refractivity (Wildman–Crippen MR) is 115 cm³/mol. The molecule has 29 heavy (non-hydrogen) atoms. The Kier molecular flexibility index (Phi) is 5.70. The second kappa shape index (κ2) is 8.92. The van der Waals surface area contributed by atoms with E-state index < -0.39 is 0 Å². The zero-order chi connectivity index (χ0) is 19.9. The number of hydrogen-bond donors (Lipinski definition) is 4.